The quantitative estimate of drug-likeness (QED) is 0.218. The highest BCUT2D eigenvalue weighted by atomic mass is 127. The van der Waals surface area contributed by atoms with Crippen LogP contribution in [0.2, 0.25) is 0 Å². The third-order valence-corrected chi connectivity index (χ3v) is 5.61. The molecule has 174 valence electrons. The number of hydrogen-bond acceptors (Lipinski definition) is 6. The van der Waals surface area contributed by atoms with Crippen molar-refractivity contribution in [3.8, 4) is 23.6 Å². The largest absolute Gasteiger partial charge is 0.493 e. The zero-order valence-corrected chi connectivity index (χ0v) is 20.6. The summed E-state index contributed by atoms with van der Waals surface area (Å²) in [7, 11) is 1.47. The number of methoxy groups -OCH3 is 1. The molecule has 0 bridgehead atoms. The van der Waals surface area contributed by atoms with Gasteiger partial charge in [0, 0.05) is 11.3 Å². The van der Waals surface area contributed by atoms with Crippen molar-refractivity contribution in [1.82, 2.24) is 0 Å². The van der Waals surface area contributed by atoms with Gasteiger partial charge >= 0.3 is 5.97 Å². The Morgan fingerprint density at radius 2 is 1.89 bits per heavy atom. The lowest BCUT2D eigenvalue weighted by molar-refractivity contribution is -0.112. The second-order valence-corrected chi connectivity index (χ2v) is 8.26. The van der Waals surface area contributed by atoms with Crippen LogP contribution >= 0.6 is 22.6 Å². The van der Waals surface area contributed by atoms with Gasteiger partial charge in [0.15, 0.2) is 11.5 Å². The first-order valence-electron chi connectivity index (χ1n) is 10.1. The van der Waals surface area contributed by atoms with Crippen molar-refractivity contribution in [2.45, 2.75) is 6.61 Å². The molecule has 0 atom stereocenters. The van der Waals surface area contributed by atoms with Gasteiger partial charge in [-0.3, -0.25) is 4.79 Å². The first-order valence-corrected chi connectivity index (χ1v) is 11.2. The summed E-state index contributed by atoms with van der Waals surface area (Å²) in [6.45, 7) is 0.159. The lowest BCUT2D eigenvalue weighted by Crippen LogP contribution is -2.14. The van der Waals surface area contributed by atoms with Crippen LogP contribution in [0.5, 0.6) is 11.5 Å². The second kappa shape index (κ2) is 11.7. The summed E-state index contributed by atoms with van der Waals surface area (Å²) in [5.74, 6) is -0.953. The molecule has 0 radical (unpaired) electrons. The maximum Gasteiger partial charge on any atom is 0.335 e. The third kappa shape index (κ3) is 6.37. The van der Waals surface area contributed by atoms with E-state index < -0.39 is 11.9 Å². The summed E-state index contributed by atoms with van der Waals surface area (Å²) < 4.78 is 12.1. The molecule has 0 unspecified atom stereocenters. The molecule has 8 nitrogen and oxygen atoms in total. The topological polar surface area (TPSA) is 132 Å². The molecule has 9 heteroatoms. The SMILES string of the molecule is COc1cc(/C=C(/C#N)C(=O)Nc2cccc(C(=O)O)c2)cc(I)c1OCc1ccccc1C#N. The Labute approximate surface area is 215 Å². The molecule has 3 aromatic rings. The Bertz CT molecular complexity index is 1400. The Balaban J connectivity index is 1.84. The Morgan fingerprint density at radius 1 is 1.11 bits per heavy atom. The molecule has 0 fully saturated rings. The van der Waals surface area contributed by atoms with E-state index in [0.29, 0.717) is 26.2 Å². The van der Waals surface area contributed by atoms with E-state index in [0.717, 1.165) is 5.56 Å². The molecule has 0 saturated heterocycles. The van der Waals surface area contributed by atoms with Crippen LogP contribution in [0, 0.1) is 26.2 Å². The Morgan fingerprint density at radius 3 is 2.57 bits per heavy atom. The average molecular weight is 579 g/mol. The molecule has 0 heterocycles. The van der Waals surface area contributed by atoms with E-state index in [2.05, 4.69) is 34.0 Å². The smallest absolute Gasteiger partial charge is 0.335 e. The summed E-state index contributed by atoms with van der Waals surface area (Å²) in [4.78, 5) is 23.8. The fourth-order valence-corrected chi connectivity index (χ4v) is 3.89. The lowest BCUT2D eigenvalue weighted by atomic mass is 10.1. The van der Waals surface area contributed by atoms with E-state index >= 15 is 0 Å². The number of benzene rings is 3. The fourth-order valence-electron chi connectivity index (χ4n) is 3.11. The van der Waals surface area contributed by atoms with Gasteiger partial charge in [0.2, 0.25) is 0 Å². The molecule has 0 saturated carbocycles. The molecule has 1 amide bonds. The summed E-state index contributed by atoms with van der Waals surface area (Å²) in [5.41, 5.74) is 1.86. The van der Waals surface area contributed by atoms with Crippen LogP contribution in [0.15, 0.2) is 66.2 Å². The first-order chi connectivity index (χ1) is 16.9. The van der Waals surface area contributed by atoms with Crippen molar-refractivity contribution in [3.05, 3.63) is 92.1 Å². The highest BCUT2D eigenvalue weighted by molar-refractivity contribution is 14.1. The molecule has 35 heavy (non-hydrogen) atoms. The number of rotatable bonds is 8. The predicted molar refractivity (Wildman–Crippen MR) is 137 cm³/mol. The summed E-state index contributed by atoms with van der Waals surface area (Å²) in [6, 6.07) is 20.2. The normalized spacial score (nSPS) is 10.6. The molecule has 0 aliphatic heterocycles. The second-order valence-electron chi connectivity index (χ2n) is 7.10. The molecule has 0 spiro atoms. The monoisotopic (exact) mass is 579 g/mol. The number of nitrogens with zero attached hydrogens (tertiary/aromatic N) is 2. The van der Waals surface area contributed by atoms with Crippen molar-refractivity contribution >= 4 is 46.2 Å². The number of hydrogen-bond donors (Lipinski definition) is 2. The van der Waals surface area contributed by atoms with Crippen LogP contribution in [0.25, 0.3) is 6.08 Å². The van der Waals surface area contributed by atoms with Gasteiger partial charge in [-0.05, 0) is 70.6 Å². The van der Waals surface area contributed by atoms with Gasteiger partial charge in [-0.2, -0.15) is 10.5 Å². The van der Waals surface area contributed by atoms with E-state index in [-0.39, 0.29) is 23.4 Å². The van der Waals surface area contributed by atoms with Crippen molar-refractivity contribution in [2.24, 2.45) is 0 Å². The fraction of sp³-hybridized carbons (Fsp3) is 0.0769. The van der Waals surface area contributed by atoms with Crippen molar-refractivity contribution in [3.63, 3.8) is 0 Å². The van der Waals surface area contributed by atoms with Gasteiger partial charge in [-0.1, -0.05) is 24.3 Å². The molecular formula is C26H18IN3O5. The number of carboxylic acid groups (broad SMARTS) is 1. The number of anilines is 1. The van der Waals surface area contributed by atoms with E-state index in [1.807, 2.05) is 12.1 Å². The van der Waals surface area contributed by atoms with E-state index in [1.165, 1.54) is 37.5 Å². The van der Waals surface area contributed by atoms with Gasteiger partial charge in [-0.25, -0.2) is 4.79 Å². The van der Waals surface area contributed by atoms with Crippen molar-refractivity contribution in [1.29, 1.82) is 10.5 Å². The molecule has 0 aliphatic rings. The van der Waals surface area contributed by atoms with Crippen LogP contribution in [0.4, 0.5) is 5.69 Å². The zero-order valence-electron chi connectivity index (χ0n) is 18.4. The molecule has 0 aromatic heterocycles. The summed E-state index contributed by atoms with van der Waals surface area (Å²) >= 11 is 2.06. The van der Waals surface area contributed by atoms with Crippen LogP contribution < -0.4 is 14.8 Å². The number of aromatic carboxylic acids is 1. The number of amides is 1. The van der Waals surface area contributed by atoms with Gasteiger partial charge in [0.1, 0.15) is 18.2 Å². The maximum atomic E-state index is 12.6. The Kier molecular flexibility index (Phi) is 8.43. The summed E-state index contributed by atoms with van der Waals surface area (Å²) in [5, 5.41) is 30.4. The van der Waals surface area contributed by atoms with Crippen LogP contribution in [-0.4, -0.2) is 24.1 Å². The van der Waals surface area contributed by atoms with Gasteiger partial charge in [0.25, 0.3) is 5.91 Å². The highest BCUT2D eigenvalue weighted by Gasteiger charge is 2.15. The number of halogens is 1. The van der Waals surface area contributed by atoms with Gasteiger partial charge < -0.3 is 19.9 Å². The van der Waals surface area contributed by atoms with Gasteiger partial charge in [0.05, 0.1) is 27.9 Å². The van der Waals surface area contributed by atoms with Crippen molar-refractivity contribution < 1.29 is 24.2 Å². The number of nitriles is 2. The van der Waals surface area contributed by atoms with Gasteiger partial charge in [-0.15, -0.1) is 0 Å². The van der Waals surface area contributed by atoms with E-state index in [4.69, 9.17) is 14.6 Å². The van der Waals surface area contributed by atoms with Crippen molar-refractivity contribution in [2.75, 3.05) is 12.4 Å². The number of nitrogens with one attached hydrogen (secondary N) is 1. The highest BCUT2D eigenvalue weighted by Crippen LogP contribution is 2.35. The predicted octanol–water partition coefficient (Wildman–Crippen LogP) is 4.99. The minimum Gasteiger partial charge on any atom is -0.493 e. The molecule has 2 N–H and O–H groups in total. The minimum atomic E-state index is -1.13. The zero-order chi connectivity index (χ0) is 25.4. The summed E-state index contributed by atoms with van der Waals surface area (Å²) in [6.07, 6.45) is 1.40. The van der Waals surface area contributed by atoms with E-state index in [9.17, 15) is 20.1 Å². The molecule has 3 rings (SSSR count). The molecule has 3 aromatic carbocycles. The maximum absolute atomic E-state index is 12.6. The number of ether oxygens (including phenoxy) is 2. The minimum absolute atomic E-state index is 0.0116. The third-order valence-electron chi connectivity index (χ3n) is 4.81. The lowest BCUT2D eigenvalue weighted by Gasteiger charge is -2.14. The number of carboxylic acids is 1. The van der Waals surface area contributed by atoms with Crippen LogP contribution in [0.3, 0.4) is 0 Å². The Hall–Kier alpha value is -4.35. The molecular weight excluding hydrogens is 561 g/mol. The van der Waals surface area contributed by atoms with E-state index in [1.54, 1.807) is 30.3 Å². The number of carbonyl (C=O) groups excluding carboxylic acids is 1. The number of carbonyl (C=O) groups is 2. The van der Waals surface area contributed by atoms with Crippen LogP contribution in [0.1, 0.15) is 27.0 Å². The molecule has 0 aliphatic carbocycles. The van der Waals surface area contributed by atoms with Crippen LogP contribution in [-0.2, 0) is 11.4 Å². The standard InChI is InChI=1S/C26H18IN3O5/c1-34-23-11-16(10-22(27)24(23)35-15-19-6-3-2-5-18(19)13-28)9-20(14-29)25(31)30-21-8-4-7-17(12-21)26(32)33/h2-12H,15H2,1H3,(H,30,31)(H,32,33)/b20-9-. The first kappa shape index (κ1) is 25.3. The average Bonchev–Trinajstić information content (AvgIpc) is 2.86.